The van der Waals surface area contributed by atoms with Crippen LogP contribution in [-0.4, -0.2) is 62.4 Å². The molecule has 2 aromatic carbocycles. The molecule has 2 atom stereocenters. The fourth-order valence-corrected chi connectivity index (χ4v) is 5.94. The quantitative estimate of drug-likeness (QED) is 0.279. The van der Waals surface area contributed by atoms with Crippen LogP contribution in [0.1, 0.15) is 69.9 Å². The topological polar surface area (TPSA) is 103 Å². The van der Waals surface area contributed by atoms with Crippen LogP contribution in [0.25, 0.3) is 26.4 Å². The monoisotopic (exact) mass is 583 g/mol. The molecule has 1 amide bonds. The summed E-state index contributed by atoms with van der Waals surface area (Å²) in [5.74, 6) is -0.608. The number of imidazole rings is 1. The van der Waals surface area contributed by atoms with Crippen molar-refractivity contribution in [2.75, 3.05) is 13.7 Å². The number of aliphatic hydroxyl groups excluding tert-OH is 1. The third-order valence-corrected chi connectivity index (χ3v) is 7.61. The van der Waals surface area contributed by atoms with Gasteiger partial charge in [-0.05, 0) is 71.7 Å². The molecule has 1 aliphatic heterocycles. The van der Waals surface area contributed by atoms with E-state index in [1.165, 1.54) is 29.4 Å². The van der Waals surface area contributed by atoms with Gasteiger partial charge in [-0.2, -0.15) is 0 Å². The van der Waals surface area contributed by atoms with Gasteiger partial charge >= 0.3 is 12.1 Å². The van der Waals surface area contributed by atoms with Gasteiger partial charge in [-0.25, -0.2) is 19.0 Å². The Labute approximate surface area is 241 Å². The van der Waals surface area contributed by atoms with Crippen molar-refractivity contribution in [3.63, 3.8) is 0 Å². The van der Waals surface area contributed by atoms with Gasteiger partial charge in [0.2, 0.25) is 0 Å². The Hall–Kier alpha value is -3.70. The summed E-state index contributed by atoms with van der Waals surface area (Å²) >= 11 is 1.36. The molecule has 0 aliphatic carbocycles. The summed E-state index contributed by atoms with van der Waals surface area (Å²) in [5, 5.41) is 10.3. The van der Waals surface area contributed by atoms with E-state index in [1.54, 1.807) is 72.0 Å². The molecule has 0 bridgehead atoms. The molecule has 11 heteroatoms. The maximum atomic E-state index is 15.5. The van der Waals surface area contributed by atoms with Crippen molar-refractivity contribution in [3.8, 4) is 17.0 Å². The van der Waals surface area contributed by atoms with Crippen molar-refractivity contribution >= 4 is 38.6 Å². The number of benzene rings is 2. The summed E-state index contributed by atoms with van der Waals surface area (Å²) in [6, 6.07) is 7.74. The molecule has 218 valence electrons. The lowest BCUT2D eigenvalue weighted by Crippen LogP contribution is -2.37. The summed E-state index contributed by atoms with van der Waals surface area (Å²) in [6.45, 7) is 10.8. The number of hydrogen-bond acceptors (Lipinski definition) is 8. The van der Waals surface area contributed by atoms with Gasteiger partial charge in [0.15, 0.2) is 4.96 Å². The van der Waals surface area contributed by atoms with Crippen molar-refractivity contribution in [2.45, 2.75) is 71.3 Å². The van der Waals surface area contributed by atoms with E-state index in [9.17, 15) is 14.7 Å². The number of β-amino-alcohol motifs (C(OH)–C–C–N with tert-alkyl or cyclic N) is 1. The predicted octanol–water partition coefficient (Wildman–Crippen LogP) is 6.36. The number of fused-ring (bicyclic) bond motifs is 3. The molecule has 1 fully saturated rings. The van der Waals surface area contributed by atoms with Crippen LogP contribution in [0.5, 0.6) is 5.75 Å². The number of halogens is 1. The van der Waals surface area contributed by atoms with Crippen LogP contribution in [0.2, 0.25) is 0 Å². The van der Waals surface area contributed by atoms with E-state index >= 15 is 4.39 Å². The first-order valence-corrected chi connectivity index (χ1v) is 14.2. The predicted molar refractivity (Wildman–Crippen MR) is 154 cm³/mol. The van der Waals surface area contributed by atoms with E-state index in [1.807, 2.05) is 4.40 Å². The molecule has 1 N–H and O–H groups in total. The van der Waals surface area contributed by atoms with Crippen LogP contribution >= 0.6 is 11.3 Å². The highest BCUT2D eigenvalue weighted by atomic mass is 32.1. The van der Waals surface area contributed by atoms with Crippen molar-refractivity contribution in [3.05, 3.63) is 53.5 Å². The van der Waals surface area contributed by atoms with E-state index < -0.39 is 41.2 Å². The van der Waals surface area contributed by atoms with E-state index in [2.05, 4.69) is 4.98 Å². The SMILES string of the molecule is COc1cc2c(cc1C(=O)OC(C)(C)C)sc1nc(-c3ccc([C@H]4C[C@@H](O)CN4C(=O)OC(C)(C)C)cc3F)cn12. The fourth-order valence-electron chi connectivity index (χ4n) is 4.92. The molecular weight excluding hydrogens is 549 g/mol. The van der Waals surface area contributed by atoms with Gasteiger partial charge in [-0.1, -0.05) is 17.4 Å². The van der Waals surface area contributed by atoms with Gasteiger partial charge in [0.25, 0.3) is 0 Å². The van der Waals surface area contributed by atoms with E-state index in [0.717, 1.165) is 10.2 Å². The lowest BCUT2D eigenvalue weighted by Gasteiger charge is -2.28. The standard InChI is InChI=1S/C30H34FN3O6S/c1-29(2,3)39-26(36)19-12-25-23(13-24(19)38-7)33-15-21(32-27(33)41-25)18-9-8-16(10-20(18)31)22-11-17(35)14-34(22)28(37)40-30(4,5)6/h8-10,12-13,15,17,22,35H,11,14H2,1-7H3/t17-,22-/m1/s1. The normalized spacial score (nSPS) is 17.8. The number of rotatable bonds is 4. The molecule has 1 aliphatic rings. The highest BCUT2D eigenvalue weighted by Crippen LogP contribution is 2.38. The number of carbonyl (C=O) groups excluding carboxylic acids is 2. The lowest BCUT2D eigenvalue weighted by atomic mass is 10.0. The number of hydrogen-bond donors (Lipinski definition) is 1. The summed E-state index contributed by atoms with van der Waals surface area (Å²) in [4.78, 5) is 32.2. The molecule has 2 aromatic heterocycles. The molecule has 0 spiro atoms. The van der Waals surface area contributed by atoms with Crippen molar-refractivity contribution in [1.82, 2.24) is 14.3 Å². The molecule has 5 rings (SSSR count). The summed E-state index contributed by atoms with van der Waals surface area (Å²) in [7, 11) is 1.49. The zero-order valence-corrected chi connectivity index (χ0v) is 25.0. The summed E-state index contributed by atoms with van der Waals surface area (Å²) in [5.41, 5.74) is 1.05. The average Bonchev–Trinajstić information content (AvgIpc) is 3.53. The molecular formula is C30H34FN3O6S. The highest BCUT2D eigenvalue weighted by Gasteiger charge is 2.38. The van der Waals surface area contributed by atoms with Crippen LogP contribution in [0.3, 0.4) is 0 Å². The maximum Gasteiger partial charge on any atom is 0.410 e. The zero-order chi connectivity index (χ0) is 29.9. The number of ether oxygens (including phenoxy) is 3. The largest absolute Gasteiger partial charge is 0.496 e. The first kappa shape index (κ1) is 28.8. The Morgan fingerprint density at radius 3 is 2.41 bits per heavy atom. The van der Waals surface area contributed by atoms with Crippen LogP contribution in [0.15, 0.2) is 36.5 Å². The Balaban J connectivity index is 1.46. The number of nitrogens with zero attached hydrogens (tertiary/aromatic N) is 3. The van der Waals surface area contributed by atoms with Crippen LogP contribution in [-0.2, 0) is 9.47 Å². The second-order valence-electron chi connectivity index (χ2n) is 12.2. The number of carbonyl (C=O) groups is 2. The zero-order valence-electron chi connectivity index (χ0n) is 24.1. The molecule has 0 saturated carbocycles. The van der Waals surface area contributed by atoms with Crippen LogP contribution in [0, 0.1) is 5.82 Å². The number of likely N-dealkylation sites (tertiary alicyclic amines) is 1. The second kappa shape index (κ2) is 10.3. The van der Waals surface area contributed by atoms with E-state index in [-0.39, 0.29) is 13.0 Å². The minimum absolute atomic E-state index is 0.118. The number of aliphatic hydroxyl groups is 1. The van der Waals surface area contributed by atoms with Crippen molar-refractivity contribution in [2.24, 2.45) is 0 Å². The highest BCUT2D eigenvalue weighted by molar-refractivity contribution is 7.23. The Kier molecular flexibility index (Phi) is 7.23. The first-order chi connectivity index (χ1) is 19.1. The Morgan fingerprint density at radius 2 is 1.78 bits per heavy atom. The maximum absolute atomic E-state index is 15.5. The van der Waals surface area contributed by atoms with Crippen molar-refractivity contribution in [1.29, 1.82) is 0 Å². The second-order valence-corrected chi connectivity index (χ2v) is 13.2. The number of methoxy groups -OCH3 is 1. The number of esters is 1. The van der Waals surface area contributed by atoms with Gasteiger partial charge in [0, 0.05) is 17.8 Å². The summed E-state index contributed by atoms with van der Waals surface area (Å²) in [6.07, 6.45) is 0.758. The minimum atomic E-state index is -0.726. The molecule has 1 saturated heterocycles. The van der Waals surface area contributed by atoms with Gasteiger partial charge in [0.1, 0.15) is 28.3 Å². The van der Waals surface area contributed by atoms with Gasteiger partial charge in [-0.3, -0.25) is 9.30 Å². The number of aromatic nitrogens is 2. The molecule has 4 aromatic rings. The molecule has 0 radical (unpaired) electrons. The van der Waals surface area contributed by atoms with Gasteiger partial charge < -0.3 is 19.3 Å². The molecule has 0 unspecified atom stereocenters. The van der Waals surface area contributed by atoms with E-state index in [4.69, 9.17) is 14.2 Å². The van der Waals surface area contributed by atoms with E-state index in [0.29, 0.717) is 33.1 Å². The average molecular weight is 584 g/mol. The lowest BCUT2D eigenvalue weighted by molar-refractivity contribution is 0.00658. The van der Waals surface area contributed by atoms with Crippen LogP contribution in [0.4, 0.5) is 9.18 Å². The summed E-state index contributed by atoms with van der Waals surface area (Å²) < 4.78 is 34.7. The Morgan fingerprint density at radius 1 is 1.07 bits per heavy atom. The third kappa shape index (κ3) is 5.87. The first-order valence-electron chi connectivity index (χ1n) is 13.3. The number of amides is 1. The molecule has 3 heterocycles. The fraction of sp³-hybridized carbons (Fsp3) is 0.433. The van der Waals surface area contributed by atoms with Crippen molar-refractivity contribution < 1.29 is 33.3 Å². The molecule has 41 heavy (non-hydrogen) atoms. The molecule has 9 nitrogen and oxygen atoms in total. The Bertz CT molecular complexity index is 1650. The van der Waals surface area contributed by atoms with Gasteiger partial charge in [0.05, 0.1) is 41.7 Å². The van der Waals surface area contributed by atoms with Crippen LogP contribution < -0.4 is 4.74 Å². The minimum Gasteiger partial charge on any atom is -0.496 e. The number of thiazole rings is 1. The van der Waals surface area contributed by atoms with Gasteiger partial charge in [-0.15, -0.1) is 0 Å². The third-order valence-electron chi connectivity index (χ3n) is 6.60. The smallest absolute Gasteiger partial charge is 0.410 e.